The summed E-state index contributed by atoms with van der Waals surface area (Å²) in [4.78, 5) is 15.0. The lowest BCUT2D eigenvalue weighted by molar-refractivity contribution is 0.0666. The molecule has 1 aliphatic carbocycles. The molecule has 4 rings (SSSR count). The number of fused-ring (bicyclic) bond motifs is 1. The van der Waals surface area contributed by atoms with E-state index >= 15 is 0 Å². The van der Waals surface area contributed by atoms with Crippen molar-refractivity contribution in [1.29, 1.82) is 0 Å². The highest BCUT2D eigenvalue weighted by Crippen LogP contribution is 2.41. The van der Waals surface area contributed by atoms with Crippen molar-refractivity contribution in [1.82, 2.24) is 4.90 Å². The van der Waals surface area contributed by atoms with E-state index < -0.39 is 0 Å². The molecule has 0 saturated heterocycles. The van der Waals surface area contributed by atoms with Crippen molar-refractivity contribution in [3.8, 4) is 5.75 Å². The van der Waals surface area contributed by atoms with E-state index in [0.717, 1.165) is 35.4 Å². The summed E-state index contributed by atoms with van der Waals surface area (Å²) in [5.74, 6) is 0.894. The summed E-state index contributed by atoms with van der Waals surface area (Å²) in [6.45, 7) is 4.14. The Hall–Kier alpha value is -2.75. The number of anilines is 1. The van der Waals surface area contributed by atoms with E-state index in [1.807, 2.05) is 53.4 Å². The summed E-state index contributed by atoms with van der Waals surface area (Å²) in [7, 11) is 0. The first-order valence-electron chi connectivity index (χ1n) is 8.30. The SMILES string of the molecule is C=CCOc1cccc([C@H]2Nc3ccccc3C(=O)N2C2CC2)c1. The average molecular weight is 320 g/mol. The molecular weight excluding hydrogens is 300 g/mol. The molecule has 1 fully saturated rings. The van der Waals surface area contributed by atoms with Crippen LogP contribution in [-0.4, -0.2) is 23.5 Å². The van der Waals surface area contributed by atoms with Gasteiger partial charge in [0.15, 0.2) is 0 Å². The Morgan fingerprint density at radius 2 is 2.04 bits per heavy atom. The number of carbonyl (C=O) groups excluding carboxylic acids is 1. The van der Waals surface area contributed by atoms with Gasteiger partial charge in [0.2, 0.25) is 0 Å². The molecule has 1 aliphatic heterocycles. The molecular formula is C20H20N2O2. The van der Waals surface area contributed by atoms with E-state index in [-0.39, 0.29) is 12.1 Å². The fourth-order valence-corrected chi connectivity index (χ4v) is 3.17. The molecule has 0 aromatic heterocycles. The van der Waals surface area contributed by atoms with Crippen molar-refractivity contribution >= 4 is 11.6 Å². The number of ether oxygens (including phenoxy) is 1. The molecule has 122 valence electrons. The highest BCUT2D eigenvalue weighted by molar-refractivity contribution is 6.02. The molecule has 1 heterocycles. The summed E-state index contributed by atoms with van der Waals surface area (Å²) in [6, 6.07) is 16.0. The van der Waals surface area contributed by atoms with Crippen LogP contribution >= 0.6 is 0 Å². The van der Waals surface area contributed by atoms with Gasteiger partial charge in [-0.25, -0.2) is 0 Å². The van der Waals surface area contributed by atoms with Gasteiger partial charge in [-0.3, -0.25) is 4.79 Å². The number of hydrogen-bond donors (Lipinski definition) is 1. The molecule has 2 aromatic carbocycles. The summed E-state index contributed by atoms with van der Waals surface area (Å²) in [5, 5.41) is 3.53. The maximum Gasteiger partial charge on any atom is 0.258 e. The van der Waals surface area contributed by atoms with Gasteiger partial charge in [-0.15, -0.1) is 0 Å². The van der Waals surface area contributed by atoms with Crippen LogP contribution in [0.3, 0.4) is 0 Å². The number of nitrogens with one attached hydrogen (secondary N) is 1. The van der Waals surface area contributed by atoms with Crippen LogP contribution in [0, 0.1) is 0 Å². The van der Waals surface area contributed by atoms with Gasteiger partial charge in [0, 0.05) is 11.7 Å². The number of carbonyl (C=O) groups is 1. The number of rotatable bonds is 5. The third kappa shape index (κ3) is 2.64. The molecule has 4 heteroatoms. The zero-order chi connectivity index (χ0) is 16.5. The smallest absolute Gasteiger partial charge is 0.258 e. The standard InChI is InChI=1S/C20H20N2O2/c1-2-12-24-16-7-5-6-14(13-16)19-21-18-9-4-3-8-17(18)20(23)22(19)15-10-11-15/h2-9,13,15,19,21H,1,10-12H2/t19-/m0/s1. The van der Waals surface area contributed by atoms with Crippen molar-refractivity contribution in [2.75, 3.05) is 11.9 Å². The van der Waals surface area contributed by atoms with Crippen molar-refractivity contribution < 1.29 is 9.53 Å². The third-order valence-electron chi connectivity index (χ3n) is 4.44. The van der Waals surface area contributed by atoms with Gasteiger partial charge in [0.25, 0.3) is 5.91 Å². The van der Waals surface area contributed by atoms with Crippen molar-refractivity contribution in [3.05, 3.63) is 72.3 Å². The van der Waals surface area contributed by atoms with Gasteiger partial charge in [-0.05, 0) is 42.7 Å². The Balaban J connectivity index is 1.71. The number of amides is 1. The fraction of sp³-hybridized carbons (Fsp3) is 0.250. The van der Waals surface area contributed by atoms with Gasteiger partial charge in [-0.1, -0.05) is 36.9 Å². The predicted molar refractivity (Wildman–Crippen MR) is 94.1 cm³/mol. The van der Waals surface area contributed by atoms with Gasteiger partial charge in [0.05, 0.1) is 5.56 Å². The summed E-state index contributed by atoms with van der Waals surface area (Å²) in [5.41, 5.74) is 2.67. The zero-order valence-electron chi connectivity index (χ0n) is 13.4. The average Bonchev–Trinajstić information content (AvgIpc) is 3.45. The largest absolute Gasteiger partial charge is 0.490 e. The number of nitrogens with zero attached hydrogens (tertiary/aromatic N) is 1. The molecule has 0 unspecified atom stereocenters. The molecule has 1 saturated carbocycles. The topological polar surface area (TPSA) is 41.6 Å². The maximum absolute atomic E-state index is 13.0. The van der Waals surface area contributed by atoms with Gasteiger partial charge >= 0.3 is 0 Å². The van der Waals surface area contributed by atoms with Crippen molar-refractivity contribution in [2.24, 2.45) is 0 Å². The van der Waals surface area contributed by atoms with E-state index in [1.165, 1.54) is 0 Å². The summed E-state index contributed by atoms with van der Waals surface area (Å²) in [6.07, 6.45) is 3.70. The van der Waals surface area contributed by atoms with E-state index in [4.69, 9.17) is 4.74 Å². The van der Waals surface area contributed by atoms with E-state index in [1.54, 1.807) is 6.08 Å². The second-order valence-corrected chi connectivity index (χ2v) is 6.21. The number of para-hydroxylation sites is 1. The lowest BCUT2D eigenvalue weighted by Crippen LogP contribution is -2.44. The number of benzene rings is 2. The second kappa shape index (κ2) is 6.04. The number of hydrogen-bond acceptors (Lipinski definition) is 3. The second-order valence-electron chi connectivity index (χ2n) is 6.21. The predicted octanol–water partition coefficient (Wildman–Crippen LogP) is 3.98. The van der Waals surface area contributed by atoms with Gasteiger partial charge < -0.3 is 15.0 Å². The van der Waals surface area contributed by atoms with Crippen LogP contribution in [0.2, 0.25) is 0 Å². The molecule has 4 nitrogen and oxygen atoms in total. The molecule has 0 bridgehead atoms. The van der Waals surface area contributed by atoms with Crippen LogP contribution in [0.1, 0.15) is 34.9 Å². The molecule has 24 heavy (non-hydrogen) atoms. The Morgan fingerprint density at radius 1 is 1.21 bits per heavy atom. The lowest BCUT2D eigenvalue weighted by atomic mass is 10.0. The molecule has 0 radical (unpaired) electrons. The molecule has 2 aromatic rings. The Labute approximate surface area is 141 Å². The highest BCUT2D eigenvalue weighted by Gasteiger charge is 2.42. The Kier molecular flexibility index (Phi) is 3.73. The normalized spacial score (nSPS) is 19.4. The highest BCUT2D eigenvalue weighted by atomic mass is 16.5. The minimum Gasteiger partial charge on any atom is -0.490 e. The van der Waals surface area contributed by atoms with Crippen LogP contribution in [0.5, 0.6) is 5.75 Å². The van der Waals surface area contributed by atoms with E-state index in [2.05, 4.69) is 11.9 Å². The monoisotopic (exact) mass is 320 g/mol. The fourth-order valence-electron chi connectivity index (χ4n) is 3.17. The van der Waals surface area contributed by atoms with Crippen LogP contribution in [0.4, 0.5) is 5.69 Å². The van der Waals surface area contributed by atoms with Gasteiger partial charge in [0.1, 0.15) is 18.5 Å². The molecule has 1 atom stereocenters. The van der Waals surface area contributed by atoms with Crippen molar-refractivity contribution in [3.63, 3.8) is 0 Å². The molecule has 1 amide bonds. The minimum absolute atomic E-state index is 0.106. The zero-order valence-corrected chi connectivity index (χ0v) is 13.4. The minimum atomic E-state index is -0.160. The third-order valence-corrected chi connectivity index (χ3v) is 4.44. The Morgan fingerprint density at radius 3 is 2.83 bits per heavy atom. The quantitative estimate of drug-likeness (QED) is 0.847. The Bertz CT molecular complexity index is 783. The van der Waals surface area contributed by atoms with Crippen LogP contribution in [-0.2, 0) is 0 Å². The lowest BCUT2D eigenvalue weighted by Gasteiger charge is -2.38. The first-order valence-corrected chi connectivity index (χ1v) is 8.30. The van der Waals surface area contributed by atoms with Crippen LogP contribution < -0.4 is 10.1 Å². The van der Waals surface area contributed by atoms with Crippen molar-refractivity contribution in [2.45, 2.75) is 25.0 Å². The first kappa shape index (κ1) is 14.8. The van der Waals surface area contributed by atoms with Crippen LogP contribution in [0.25, 0.3) is 0 Å². The maximum atomic E-state index is 13.0. The molecule has 1 N–H and O–H groups in total. The van der Waals surface area contributed by atoms with E-state index in [9.17, 15) is 4.79 Å². The summed E-state index contributed by atoms with van der Waals surface area (Å²) >= 11 is 0. The first-order chi connectivity index (χ1) is 11.8. The van der Waals surface area contributed by atoms with Gasteiger partial charge in [-0.2, -0.15) is 0 Å². The van der Waals surface area contributed by atoms with Crippen LogP contribution in [0.15, 0.2) is 61.2 Å². The van der Waals surface area contributed by atoms with E-state index in [0.29, 0.717) is 12.6 Å². The summed E-state index contributed by atoms with van der Waals surface area (Å²) < 4.78 is 5.65. The molecule has 2 aliphatic rings. The molecule has 0 spiro atoms.